The molecule has 5 nitrogen and oxygen atoms in total. The maximum Gasteiger partial charge on any atom is 0.253 e. The predicted molar refractivity (Wildman–Crippen MR) is 108 cm³/mol. The van der Waals surface area contributed by atoms with Crippen LogP contribution in [0.4, 0.5) is 10.1 Å². The lowest BCUT2D eigenvalue weighted by Gasteiger charge is -2.20. The molecule has 0 aromatic heterocycles. The van der Waals surface area contributed by atoms with Crippen molar-refractivity contribution in [3.8, 4) is 0 Å². The Bertz CT molecular complexity index is 851. The predicted octanol–water partition coefficient (Wildman–Crippen LogP) is 3.34. The molecule has 2 aromatic rings. The van der Waals surface area contributed by atoms with Gasteiger partial charge < -0.3 is 10.2 Å². The molecule has 28 heavy (non-hydrogen) atoms. The average Bonchev–Trinajstić information content (AvgIpc) is 3.02. The molecular weight excluding hydrogens is 357 g/mol. The zero-order chi connectivity index (χ0) is 20.3. The number of benzene rings is 2. The van der Waals surface area contributed by atoms with Gasteiger partial charge in [0.15, 0.2) is 0 Å². The summed E-state index contributed by atoms with van der Waals surface area (Å²) in [6, 6.07) is 13.8. The third kappa shape index (κ3) is 4.75. The Labute approximate surface area is 165 Å². The van der Waals surface area contributed by atoms with Crippen molar-refractivity contribution in [1.82, 2.24) is 9.80 Å². The number of carbonyl (C=O) groups excluding carboxylic acids is 2. The summed E-state index contributed by atoms with van der Waals surface area (Å²) in [5.41, 5.74) is 2.25. The van der Waals surface area contributed by atoms with E-state index in [1.54, 1.807) is 38.4 Å². The molecule has 0 aliphatic carbocycles. The monoisotopic (exact) mass is 383 g/mol. The molecule has 3 rings (SSSR count). The number of amides is 2. The van der Waals surface area contributed by atoms with Crippen molar-refractivity contribution in [2.45, 2.75) is 25.3 Å². The number of anilines is 1. The van der Waals surface area contributed by atoms with Crippen LogP contribution in [0.2, 0.25) is 0 Å². The van der Waals surface area contributed by atoms with Gasteiger partial charge in [-0.15, -0.1) is 0 Å². The molecule has 2 atom stereocenters. The van der Waals surface area contributed by atoms with E-state index >= 15 is 0 Å². The number of hydrogen-bond acceptors (Lipinski definition) is 3. The first-order valence-electron chi connectivity index (χ1n) is 9.44. The third-order valence-electron chi connectivity index (χ3n) is 5.19. The summed E-state index contributed by atoms with van der Waals surface area (Å²) in [5, 5.41) is 2.88. The topological polar surface area (TPSA) is 52.7 Å². The van der Waals surface area contributed by atoms with Crippen LogP contribution in [0.1, 0.15) is 35.2 Å². The van der Waals surface area contributed by atoms with Gasteiger partial charge in [-0.3, -0.25) is 14.5 Å². The largest absolute Gasteiger partial charge is 0.345 e. The number of carbonyl (C=O) groups is 2. The smallest absolute Gasteiger partial charge is 0.253 e. The molecule has 2 aromatic carbocycles. The van der Waals surface area contributed by atoms with Crippen molar-refractivity contribution < 1.29 is 14.0 Å². The fourth-order valence-electron chi connectivity index (χ4n) is 3.67. The van der Waals surface area contributed by atoms with Crippen molar-refractivity contribution in [2.75, 3.05) is 32.5 Å². The standard InChI is InChI=1S/C22H26FN3O2/c1-15-11-18(16-7-9-19(23)10-8-16)13-26(15)14-21(27)24-20-6-4-5-17(12-20)22(28)25(2)3/h4-10,12,15,18H,11,13-14H2,1-3H3,(H,24,27). The molecule has 148 valence electrons. The summed E-state index contributed by atoms with van der Waals surface area (Å²) in [7, 11) is 3.39. The first-order chi connectivity index (χ1) is 13.3. The molecule has 2 amide bonds. The molecule has 1 aliphatic rings. The molecular formula is C22H26FN3O2. The minimum Gasteiger partial charge on any atom is -0.345 e. The fraction of sp³-hybridized carbons (Fsp3) is 0.364. The van der Waals surface area contributed by atoms with E-state index in [9.17, 15) is 14.0 Å². The van der Waals surface area contributed by atoms with Crippen molar-refractivity contribution >= 4 is 17.5 Å². The van der Waals surface area contributed by atoms with Gasteiger partial charge in [0.25, 0.3) is 5.91 Å². The van der Waals surface area contributed by atoms with Crippen LogP contribution in [0.25, 0.3) is 0 Å². The zero-order valence-corrected chi connectivity index (χ0v) is 16.5. The number of halogens is 1. The van der Waals surface area contributed by atoms with Gasteiger partial charge in [-0.05, 0) is 55.2 Å². The van der Waals surface area contributed by atoms with Crippen molar-refractivity contribution in [2.24, 2.45) is 0 Å². The van der Waals surface area contributed by atoms with Gasteiger partial charge in [0, 0.05) is 37.9 Å². The Kier molecular flexibility index (Phi) is 6.09. The summed E-state index contributed by atoms with van der Waals surface area (Å²) < 4.78 is 13.1. The molecule has 1 saturated heterocycles. The van der Waals surface area contributed by atoms with Crippen LogP contribution < -0.4 is 5.32 Å². The van der Waals surface area contributed by atoms with Crippen LogP contribution in [-0.4, -0.2) is 54.8 Å². The second kappa shape index (κ2) is 8.52. The molecule has 1 fully saturated rings. The molecule has 0 spiro atoms. The van der Waals surface area contributed by atoms with E-state index in [0.717, 1.165) is 18.5 Å². The number of likely N-dealkylation sites (tertiary alicyclic amines) is 1. The van der Waals surface area contributed by atoms with Crippen molar-refractivity contribution in [3.05, 3.63) is 65.5 Å². The van der Waals surface area contributed by atoms with Crippen LogP contribution in [0.15, 0.2) is 48.5 Å². The summed E-state index contributed by atoms with van der Waals surface area (Å²) in [5.74, 6) is -0.155. The van der Waals surface area contributed by atoms with Gasteiger partial charge in [-0.1, -0.05) is 18.2 Å². The van der Waals surface area contributed by atoms with E-state index < -0.39 is 0 Å². The first kappa shape index (κ1) is 20.0. The SMILES string of the molecule is CC1CC(c2ccc(F)cc2)CN1CC(=O)Nc1cccc(C(=O)N(C)C)c1. The number of nitrogens with zero attached hydrogens (tertiary/aromatic N) is 2. The van der Waals surface area contributed by atoms with Crippen molar-refractivity contribution in [3.63, 3.8) is 0 Å². The Morgan fingerprint density at radius 3 is 2.57 bits per heavy atom. The van der Waals surface area contributed by atoms with Crippen LogP contribution in [-0.2, 0) is 4.79 Å². The Balaban J connectivity index is 1.60. The first-order valence-corrected chi connectivity index (χ1v) is 9.44. The average molecular weight is 383 g/mol. The maximum atomic E-state index is 13.1. The molecule has 2 unspecified atom stereocenters. The highest BCUT2D eigenvalue weighted by molar-refractivity contribution is 5.97. The maximum absolute atomic E-state index is 13.1. The van der Waals surface area contributed by atoms with Gasteiger partial charge in [-0.2, -0.15) is 0 Å². The molecule has 0 saturated carbocycles. The molecule has 1 N–H and O–H groups in total. The number of hydrogen-bond donors (Lipinski definition) is 1. The zero-order valence-electron chi connectivity index (χ0n) is 16.5. The summed E-state index contributed by atoms with van der Waals surface area (Å²) in [4.78, 5) is 28.2. The normalized spacial score (nSPS) is 19.4. The van der Waals surface area contributed by atoms with Gasteiger partial charge in [0.05, 0.1) is 6.54 Å². The second-order valence-electron chi connectivity index (χ2n) is 7.59. The minimum absolute atomic E-state index is 0.105. The molecule has 1 aliphatic heterocycles. The van der Waals surface area contributed by atoms with Crippen molar-refractivity contribution in [1.29, 1.82) is 0 Å². The van der Waals surface area contributed by atoms with Gasteiger partial charge in [-0.25, -0.2) is 4.39 Å². The lowest BCUT2D eigenvalue weighted by atomic mass is 9.97. The molecule has 0 bridgehead atoms. The lowest BCUT2D eigenvalue weighted by molar-refractivity contribution is -0.117. The van der Waals surface area contributed by atoms with E-state index in [2.05, 4.69) is 17.1 Å². The third-order valence-corrected chi connectivity index (χ3v) is 5.19. The van der Waals surface area contributed by atoms with E-state index in [1.165, 1.54) is 17.0 Å². The van der Waals surface area contributed by atoms with Crippen LogP contribution >= 0.6 is 0 Å². The summed E-state index contributed by atoms with van der Waals surface area (Å²) in [6.07, 6.45) is 0.936. The number of rotatable bonds is 5. The molecule has 6 heteroatoms. The van der Waals surface area contributed by atoms with E-state index in [4.69, 9.17) is 0 Å². The quantitative estimate of drug-likeness (QED) is 0.862. The van der Waals surface area contributed by atoms with E-state index in [-0.39, 0.29) is 30.2 Å². The van der Waals surface area contributed by atoms with Gasteiger partial charge in [0.1, 0.15) is 5.82 Å². The highest BCUT2D eigenvalue weighted by atomic mass is 19.1. The van der Waals surface area contributed by atoms with Crippen LogP contribution in [0.5, 0.6) is 0 Å². The van der Waals surface area contributed by atoms with Gasteiger partial charge >= 0.3 is 0 Å². The van der Waals surface area contributed by atoms with E-state index in [1.807, 2.05) is 12.1 Å². The highest BCUT2D eigenvalue weighted by Gasteiger charge is 2.31. The Morgan fingerprint density at radius 2 is 1.89 bits per heavy atom. The summed E-state index contributed by atoms with van der Waals surface area (Å²) in [6.45, 7) is 3.15. The highest BCUT2D eigenvalue weighted by Crippen LogP contribution is 2.31. The fourth-order valence-corrected chi connectivity index (χ4v) is 3.67. The summed E-state index contributed by atoms with van der Waals surface area (Å²) >= 11 is 0. The molecule has 1 heterocycles. The minimum atomic E-state index is -0.235. The Morgan fingerprint density at radius 1 is 1.18 bits per heavy atom. The van der Waals surface area contributed by atoms with Crippen LogP contribution in [0, 0.1) is 5.82 Å². The van der Waals surface area contributed by atoms with Crippen LogP contribution in [0.3, 0.4) is 0 Å². The number of nitrogens with one attached hydrogen (secondary N) is 1. The van der Waals surface area contributed by atoms with E-state index in [0.29, 0.717) is 17.2 Å². The Hall–Kier alpha value is -2.73. The lowest BCUT2D eigenvalue weighted by Crippen LogP contribution is -2.35. The molecule has 0 radical (unpaired) electrons. The second-order valence-corrected chi connectivity index (χ2v) is 7.59. The van der Waals surface area contributed by atoms with Gasteiger partial charge in [0.2, 0.25) is 5.91 Å².